The molecular formula is C8H11ClN2O2. The first-order chi connectivity index (χ1) is 6.34. The molecule has 0 amide bonds. The van der Waals surface area contributed by atoms with Crippen molar-refractivity contribution in [3.8, 4) is 0 Å². The average molecular weight is 203 g/mol. The van der Waals surface area contributed by atoms with Crippen molar-refractivity contribution in [2.45, 2.75) is 31.8 Å². The number of rotatable bonds is 2. The molecule has 1 fully saturated rings. The van der Waals surface area contributed by atoms with Crippen LogP contribution >= 0.6 is 11.6 Å². The Morgan fingerprint density at radius 2 is 2.31 bits per heavy atom. The van der Waals surface area contributed by atoms with Crippen LogP contribution in [0.3, 0.4) is 0 Å². The monoisotopic (exact) mass is 202 g/mol. The van der Waals surface area contributed by atoms with Gasteiger partial charge in [0.25, 0.3) is 0 Å². The fraction of sp³-hybridized carbons (Fsp3) is 0.750. The van der Waals surface area contributed by atoms with Gasteiger partial charge in [-0.05, 0) is 30.9 Å². The topological polar surface area (TPSA) is 48.2 Å². The Bertz CT molecular complexity index is 271. The van der Waals surface area contributed by atoms with Gasteiger partial charge in [0.1, 0.15) is 0 Å². The smallest absolute Gasteiger partial charge is 0.312 e. The summed E-state index contributed by atoms with van der Waals surface area (Å²) in [6, 6.07) is 0. The number of ether oxygens (including phenoxy) is 1. The van der Waals surface area contributed by atoms with Crippen molar-refractivity contribution >= 4 is 11.6 Å². The Labute approximate surface area is 81.2 Å². The van der Waals surface area contributed by atoms with Gasteiger partial charge in [0.2, 0.25) is 5.89 Å². The summed E-state index contributed by atoms with van der Waals surface area (Å²) in [5.41, 5.74) is 0. The molecule has 5 heteroatoms. The summed E-state index contributed by atoms with van der Waals surface area (Å²) in [5, 5.41) is 7.46. The van der Waals surface area contributed by atoms with Gasteiger partial charge in [-0.1, -0.05) is 5.10 Å². The van der Waals surface area contributed by atoms with Crippen LogP contribution < -0.4 is 0 Å². The maximum atomic E-state index is 5.52. The molecule has 0 spiro atoms. The predicted octanol–water partition coefficient (Wildman–Crippen LogP) is 1.83. The molecule has 72 valence electrons. The number of hydrogen-bond donors (Lipinski definition) is 0. The Morgan fingerprint density at radius 3 is 2.92 bits per heavy atom. The highest BCUT2D eigenvalue weighted by molar-refractivity contribution is 6.27. The highest BCUT2D eigenvalue weighted by atomic mass is 35.5. The lowest BCUT2D eigenvalue weighted by atomic mass is 10.1. The van der Waals surface area contributed by atoms with E-state index in [1.165, 1.54) is 6.42 Å². The highest BCUT2D eigenvalue weighted by Crippen LogP contribution is 2.17. The lowest BCUT2D eigenvalue weighted by Crippen LogP contribution is -2.21. The van der Waals surface area contributed by atoms with E-state index in [1.807, 2.05) is 0 Å². The predicted molar refractivity (Wildman–Crippen MR) is 46.6 cm³/mol. The molecule has 1 saturated heterocycles. The zero-order valence-electron chi connectivity index (χ0n) is 7.20. The third-order valence-electron chi connectivity index (χ3n) is 2.12. The summed E-state index contributed by atoms with van der Waals surface area (Å²) in [5.74, 6) is 0.567. The van der Waals surface area contributed by atoms with Crippen LogP contribution in [0.4, 0.5) is 0 Å². The minimum atomic E-state index is 0.103. The zero-order valence-corrected chi connectivity index (χ0v) is 7.96. The summed E-state index contributed by atoms with van der Waals surface area (Å²) in [4.78, 5) is 0. The molecular weight excluding hydrogens is 192 g/mol. The zero-order chi connectivity index (χ0) is 9.10. The largest absolute Gasteiger partial charge is 0.412 e. The van der Waals surface area contributed by atoms with E-state index >= 15 is 0 Å². The number of nitrogens with zero attached hydrogens (tertiary/aromatic N) is 2. The minimum absolute atomic E-state index is 0.103. The molecule has 1 aromatic rings. The molecule has 1 unspecified atom stereocenters. The summed E-state index contributed by atoms with van der Waals surface area (Å²) < 4.78 is 10.6. The second-order valence-electron chi connectivity index (χ2n) is 3.14. The molecule has 1 atom stereocenters. The van der Waals surface area contributed by atoms with Crippen molar-refractivity contribution < 1.29 is 9.15 Å². The van der Waals surface area contributed by atoms with Gasteiger partial charge >= 0.3 is 5.35 Å². The van der Waals surface area contributed by atoms with Gasteiger partial charge < -0.3 is 9.15 Å². The maximum Gasteiger partial charge on any atom is 0.312 e. The van der Waals surface area contributed by atoms with Crippen molar-refractivity contribution in [2.24, 2.45) is 0 Å². The van der Waals surface area contributed by atoms with Crippen molar-refractivity contribution in [2.75, 3.05) is 6.61 Å². The molecule has 1 aromatic heterocycles. The second-order valence-corrected chi connectivity index (χ2v) is 3.46. The molecule has 0 bridgehead atoms. The van der Waals surface area contributed by atoms with Gasteiger partial charge in [-0.25, -0.2) is 0 Å². The third-order valence-corrected chi connectivity index (χ3v) is 2.27. The Kier molecular flexibility index (Phi) is 2.80. The van der Waals surface area contributed by atoms with Crippen molar-refractivity contribution in [3.05, 3.63) is 11.2 Å². The molecule has 0 radical (unpaired) electrons. The van der Waals surface area contributed by atoms with Crippen LogP contribution in [-0.4, -0.2) is 22.9 Å². The van der Waals surface area contributed by atoms with E-state index in [0.29, 0.717) is 12.3 Å². The first-order valence-corrected chi connectivity index (χ1v) is 4.82. The van der Waals surface area contributed by atoms with E-state index < -0.39 is 0 Å². The van der Waals surface area contributed by atoms with Crippen molar-refractivity contribution in [1.29, 1.82) is 0 Å². The highest BCUT2D eigenvalue weighted by Gasteiger charge is 2.17. The van der Waals surface area contributed by atoms with Gasteiger partial charge in [0.15, 0.2) is 0 Å². The molecule has 1 aliphatic heterocycles. The molecule has 0 aromatic carbocycles. The standard InChI is InChI=1S/C8H11ClN2O2/c9-8-11-10-7(13-8)5-6-3-1-2-4-12-6/h6H,1-5H2. The summed E-state index contributed by atoms with van der Waals surface area (Å²) >= 11 is 5.50. The van der Waals surface area contributed by atoms with Crippen LogP contribution in [0.2, 0.25) is 5.35 Å². The SMILES string of the molecule is Clc1nnc(CC2CCCCO2)o1. The number of aromatic nitrogens is 2. The maximum absolute atomic E-state index is 5.52. The first kappa shape index (κ1) is 8.97. The first-order valence-electron chi connectivity index (χ1n) is 4.44. The Balaban J connectivity index is 1.89. The van der Waals surface area contributed by atoms with Crippen molar-refractivity contribution in [3.63, 3.8) is 0 Å². The quantitative estimate of drug-likeness (QED) is 0.734. The summed E-state index contributed by atoms with van der Waals surface area (Å²) in [6.07, 6.45) is 4.35. The molecule has 0 saturated carbocycles. The van der Waals surface area contributed by atoms with Crippen LogP contribution in [-0.2, 0) is 11.2 Å². The molecule has 0 aliphatic carbocycles. The second kappa shape index (κ2) is 4.07. The van der Waals surface area contributed by atoms with E-state index in [9.17, 15) is 0 Å². The van der Waals surface area contributed by atoms with E-state index in [4.69, 9.17) is 20.8 Å². The average Bonchev–Trinajstić information content (AvgIpc) is 2.53. The van der Waals surface area contributed by atoms with Crippen LogP contribution in [0.5, 0.6) is 0 Å². The van der Waals surface area contributed by atoms with Gasteiger partial charge in [-0.15, -0.1) is 5.10 Å². The third kappa shape index (κ3) is 2.42. The fourth-order valence-electron chi connectivity index (χ4n) is 1.48. The molecule has 4 nitrogen and oxygen atoms in total. The van der Waals surface area contributed by atoms with Gasteiger partial charge in [-0.3, -0.25) is 0 Å². The molecule has 2 heterocycles. The normalized spacial score (nSPS) is 23.3. The van der Waals surface area contributed by atoms with Crippen LogP contribution in [0.25, 0.3) is 0 Å². The molecule has 2 rings (SSSR count). The fourth-order valence-corrected chi connectivity index (χ4v) is 1.61. The van der Waals surface area contributed by atoms with Crippen molar-refractivity contribution in [1.82, 2.24) is 10.2 Å². The van der Waals surface area contributed by atoms with Gasteiger partial charge in [0, 0.05) is 6.61 Å². The molecule has 13 heavy (non-hydrogen) atoms. The van der Waals surface area contributed by atoms with Crippen LogP contribution in [0, 0.1) is 0 Å². The lowest BCUT2D eigenvalue weighted by Gasteiger charge is -2.20. The van der Waals surface area contributed by atoms with E-state index in [2.05, 4.69) is 10.2 Å². The molecule has 0 N–H and O–H groups in total. The summed E-state index contributed by atoms with van der Waals surface area (Å²) in [7, 11) is 0. The van der Waals surface area contributed by atoms with E-state index in [1.54, 1.807) is 0 Å². The van der Waals surface area contributed by atoms with Gasteiger partial charge in [0.05, 0.1) is 12.5 Å². The number of halogens is 1. The molecule has 1 aliphatic rings. The lowest BCUT2D eigenvalue weighted by molar-refractivity contribution is 0.0132. The van der Waals surface area contributed by atoms with Crippen LogP contribution in [0.15, 0.2) is 4.42 Å². The summed E-state index contributed by atoms with van der Waals surface area (Å²) in [6.45, 7) is 0.840. The van der Waals surface area contributed by atoms with E-state index in [-0.39, 0.29) is 11.5 Å². The van der Waals surface area contributed by atoms with Crippen LogP contribution in [0.1, 0.15) is 25.2 Å². The Hall–Kier alpha value is -0.610. The number of hydrogen-bond acceptors (Lipinski definition) is 4. The van der Waals surface area contributed by atoms with Gasteiger partial charge in [-0.2, -0.15) is 0 Å². The minimum Gasteiger partial charge on any atom is -0.412 e. The Morgan fingerprint density at radius 1 is 1.38 bits per heavy atom. The van der Waals surface area contributed by atoms with E-state index in [0.717, 1.165) is 19.4 Å².